The van der Waals surface area contributed by atoms with Gasteiger partial charge in [0, 0.05) is 19.1 Å². The molecule has 1 aromatic rings. The fourth-order valence-corrected chi connectivity index (χ4v) is 3.08. The average molecular weight is 350 g/mol. The molecule has 2 saturated heterocycles. The normalized spacial score (nSPS) is 20.8. The number of fused-ring (bicyclic) bond motifs is 1. The van der Waals surface area contributed by atoms with E-state index in [0.717, 1.165) is 13.0 Å². The lowest BCUT2D eigenvalue weighted by Gasteiger charge is -2.19. The van der Waals surface area contributed by atoms with Crippen molar-refractivity contribution in [1.82, 2.24) is 10.0 Å². The standard InChI is InChI=1S/C16H20ClN5O2/c1-8(2)19-15-13(16(24)22-6-4-5-21(15)22)20-10-7-9(3)14(23)11(17)12(10)18/h7-8,23H,4-6,18H2,1-3H3. The highest BCUT2D eigenvalue weighted by Crippen LogP contribution is 2.40. The molecule has 3 rings (SSSR count). The second-order valence-electron chi connectivity index (χ2n) is 6.20. The number of hydrogen-bond donors (Lipinski definition) is 2. The Morgan fingerprint density at radius 2 is 2.00 bits per heavy atom. The molecule has 3 N–H and O–H groups in total. The summed E-state index contributed by atoms with van der Waals surface area (Å²) >= 11 is 6.05. The Balaban J connectivity index is 2.13. The van der Waals surface area contributed by atoms with Gasteiger partial charge < -0.3 is 10.8 Å². The molecule has 0 unspecified atom stereocenters. The summed E-state index contributed by atoms with van der Waals surface area (Å²) in [7, 11) is 0. The van der Waals surface area contributed by atoms with E-state index >= 15 is 0 Å². The number of carbonyl (C=O) groups excluding carboxylic acids is 1. The van der Waals surface area contributed by atoms with Crippen molar-refractivity contribution >= 4 is 40.4 Å². The van der Waals surface area contributed by atoms with Crippen LogP contribution in [0.4, 0.5) is 11.4 Å². The van der Waals surface area contributed by atoms with E-state index in [0.29, 0.717) is 23.6 Å². The SMILES string of the molecule is Cc1cc(N=C2C(=O)N3CCCN3C2=NC(C)C)c(N)c(Cl)c1O. The van der Waals surface area contributed by atoms with E-state index in [2.05, 4.69) is 9.98 Å². The number of halogens is 1. The van der Waals surface area contributed by atoms with E-state index in [9.17, 15) is 9.90 Å². The topological polar surface area (TPSA) is 94.5 Å². The molecule has 2 fully saturated rings. The van der Waals surface area contributed by atoms with Crippen molar-refractivity contribution in [3.05, 3.63) is 16.7 Å². The summed E-state index contributed by atoms with van der Waals surface area (Å²) in [6.07, 6.45) is 0.905. The Bertz CT molecular complexity index is 772. The van der Waals surface area contributed by atoms with Crippen molar-refractivity contribution in [2.24, 2.45) is 9.98 Å². The van der Waals surface area contributed by atoms with Gasteiger partial charge in [-0.3, -0.25) is 14.8 Å². The van der Waals surface area contributed by atoms with Crippen LogP contribution in [0.5, 0.6) is 5.75 Å². The van der Waals surface area contributed by atoms with Crippen molar-refractivity contribution in [1.29, 1.82) is 0 Å². The molecule has 0 spiro atoms. The summed E-state index contributed by atoms with van der Waals surface area (Å²) < 4.78 is 0. The van der Waals surface area contributed by atoms with E-state index < -0.39 is 0 Å². The minimum atomic E-state index is -0.187. The van der Waals surface area contributed by atoms with Crippen molar-refractivity contribution < 1.29 is 9.90 Å². The third kappa shape index (κ3) is 2.58. The van der Waals surface area contributed by atoms with Crippen LogP contribution in [0.2, 0.25) is 5.02 Å². The zero-order valence-corrected chi connectivity index (χ0v) is 14.6. The van der Waals surface area contributed by atoms with Gasteiger partial charge in [-0.25, -0.2) is 10.0 Å². The Morgan fingerprint density at radius 1 is 1.33 bits per heavy atom. The van der Waals surface area contributed by atoms with Gasteiger partial charge in [0.25, 0.3) is 5.91 Å². The first-order valence-corrected chi connectivity index (χ1v) is 8.22. The zero-order chi connectivity index (χ0) is 17.6. The number of rotatable bonds is 2. The highest BCUT2D eigenvalue weighted by molar-refractivity contribution is 6.69. The van der Waals surface area contributed by atoms with E-state index in [1.54, 1.807) is 18.0 Å². The summed E-state index contributed by atoms with van der Waals surface area (Å²) in [5, 5.41) is 13.4. The molecule has 7 nitrogen and oxygen atoms in total. The number of amidine groups is 1. The van der Waals surface area contributed by atoms with Crippen molar-refractivity contribution in [3.8, 4) is 5.75 Å². The number of aryl methyl sites for hydroxylation is 1. The lowest BCUT2D eigenvalue weighted by atomic mass is 10.1. The highest BCUT2D eigenvalue weighted by Gasteiger charge is 2.43. The van der Waals surface area contributed by atoms with Crippen molar-refractivity contribution in [2.45, 2.75) is 33.2 Å². The minimum Gasteiger partial charge on any atom is -0.506 e. The molecule has 1 aromatic carbocycles. The fraction of sp³-hybridized carbons (Fsp3) is 0.438. The first kappa shape index (κ1) is 16.6. The van der Waals surface area contributed by atoms with E-state index in [1.165, 1.54) is 0 Å². The Labute approximate surface area is 145 Å². The van der Waals surface area contributed by atoms with Crippen LogP contribution < -0.4 is 5.73 Å². The molecule has 2 aliphatic heterocycles. The molecule has 0 saturated carbocycles. The molecule has 24 heavy (non-hydrogen) atoms. The predicted octanol–water partition coefficient (Wildman–Crippen LogP) is 2.28. The van der Waals surface area contributed by atoms with Crippen LogP contribution >= 0.6 is 11.6 Å². The summed E-state index contributed by atoms with van der Waals surface area (Å²) in [6, 6.07) is 1.64. The van der Waals surface area contributed by atoms with E-state index in [1.807, 2.05) is 18.9 Å². The van der Waals surface area contributed by atoms with Crippen LogP contribution in [-0.2, 0) is 4.79 Å². The number of phenols is 1. The fourth-order valence-electron chi connectivity index (χ4n) is 2.83. The van der Waals surface area contributed by atoms with Crippen LogP contribution in [0.15, 0.2) is 16.1 Å². The monoisotopic (exact) mass is 349 g/mol. The maximum Gasteiger partial charge on any atom is 0.294 e. The van der Waals surface area contributed by atoms with Crippen molar-refractivity contribution in [2.75, 3.05) is 18.8 Å². The Hall–Kier alpha value is -2.28. The number of hydrazine groups is 1. The molecule has 128 valence electrons. The molecular formula is C16H20ClN5O2. The second-order valence-corrected chi connectivity index (χ2v) is 6.58. The maximum absolute atomic E-state index is 12.7. The lowest BCUT2D eigenvalue weighted by Crippen LogP contribution is -2.34. The Morgan fingerprint density at radius 3 is 2.67 bits per heavy atom. The molecule has 2 heterocycles. The molecule has 0 bridgehead atoms. The number of amides is 1. The molecule has 0 aromatic heterocycles. The number of phenolic OH excluding ortho intramolecular Hbond substituents is 1. The van der Waals surface area contributed by atoms with Gasteiger partial charge in [0.2, 0.25) is 0 Å². The predicted molar refractivity (Wildman–Crippen MR) is 95.0 cm³/mol. The van der Waals surface area contributed by atoms with Gasteiger partial charge in [-0.05, 0) is 38.8 Å². The number of nitrogens with zero attached hydrogens (tertiary/aromatic N) is 4. The number of hydrogen-bond acceptors (Lipinski definition) is 5. The van der Waals surface area contributed by atoms with Gasteiger partial charge in [0.1, 0.15) is 10.8 Å². The highest BCUT2D eigenvalue weighted by atomic mass is 35.5. The van der Waals surface area contributed by atoms with Gasteiger partial charge >= 0.3 is 0 Å². The minimum absolute atomic E-state index is 0.0287. The first-order chi connectivity index (χ1) is 11.3. The van der Waals surface area contributed by atoms with Gasteiger partial charge in [-0.15, -0.1) is 0 Å². The summed E-state index contributed by atoms with van der Waals surface area (Å²) in [5.41, 5.74) is 7.27. The lowest BCUT2D eigenvalue weighted by molar-refractivity contribution is -0.129. The molecular weight excluding hydrogens is 330 g/mol. The summed E-state index contributed by atoms with van der Waals surface area (Å²) in [6.45, 7) is 6.99. The van der Waals surface area contributed by atoms with Crippen LogP contribution in [-0.4, -0.2) is 51.7 Å². The van der Waals surface area contributed by atoms with E-state index in [-0.39, 0.29) is 34.1 Å². The molecule has 8 heteroatoms. The second kappa shape index (κ2) is 5.98. The third-order valence-electron chi connectivity index (χ3n) is 3.98. The zero-order valence-electron chi connectivity index (χ0n) is 13.9. The summed E-state index contributed by atoms with van der Waals surface area (Å²) in [5.74, 6) is 0.304. The molecule has 0 atom stereocenters. The number of benzene rings is 1. The van der Waals surface area contributed by atoms with Gasteiger partial charge in [-0.2, -0.15) is 0 Å². The largest absolute Gasteiger partial charge is 0.506 e. The summed E-state index contributed by atoms with van der Waals surface area (Å²) in [4.78, 5) is 21.7. The van der Waals surface area contributed by atoms with Crippen molar-refractivity contribution in [3.63, 3.8) is 0 Å². The van der Waals surface area contributed by atoms with Crippen LogP contribution in [0.3, 0.4) is 0 Å². The van der Waals surface area contributed by atoms with Gasteiger partial charge in [0.15, 0.2) is 11.5 Å². The quantitative estimate of drug-likeness (QED) is 0.801. The number of aromatic hydroxyl groups is 1. The Kier molecular flexibility index (Phi) is 4.13. The smallest absolute Gasteiger partial charge is 0.294 e. The number of aliphatic imine (C=N–C) groups is 2. The van der Waals surface area contributed by atoms with E-state index in [4.69, 9.17) is 17.3 Å². The third-order valence-corrected chi connectivity index (χ3v) is 4.37. The van der Waals surface area contributed by atoms with Crippen LogP contribution in [0, 0.1) is 6.92 Å². The molecule has 0 radical (unpaired) electrons. The molecule has 0 aliphatic carbocycles. The van der Waals surface area contributed by atoms with Gasteiger partial charge in [0.05, 0.1) is 11.4 Å². The van der Waals surface area contributed by atoms with Gasteiger partial charge in [-0.1, -0.05) is 11.6 Å². The molecule has 2 aliphatic rings. The number of nitrogens with two attached hydrogens (primary N) is 1. The average Bonchev–Trinajstić information content (AvgIpc) is 3.09. The maximum atomic E-state index is 12.7. The molecule has 1 amide bonds. The first-order valence-electron chi connectivity index (χ1n) is 7.85. The van der Waals surface area contributed by atoms with Crippen LogP contribution in [0.25, 0.3) is 0 Å². The number of anilines is 1. The number of carbonyl (C=O) groups is 1. The van der Waals surface area contributed by atoms with Crippen LogP contribution in [0.1, 0.15) is 25.8 Å². The number of nitrogen functional groups attached to an aromatic ring is 1.